The Balaban J connectivity index is 1.75. The first-order valence-corrected chi connectivity index (χ1v) is 12.5. The average molecular weight is 517 g/mol. The van der Waals surface area contributed by atoms with Crippen molar-refractivity contribution in [2.45, 2.75) is 30.9 Å². The van der Waals surface area contributed by atoms with E-state index in [2.05, 4.69) is 14.7 Å². The van der Waals surface area contributed by atoms with Gasteiger partial charge in [0.1, 0.15) is 24.1 Å². The molecule has 1 N–H and O–H groups in total. The second kappa shape index (κ2) is 11.1. The third kappa shape index (κ3) is 6.20. The largest absolute Gasteiger partial charge is 0.493 e. The molecule has 2 aromatic carbocycles. The highest BCUT2D eigenvalue weighted by Crippen LogP contribution is 2.30. The van der Waals surface area contributed by atoms with Crippen LogP contribution >= 0.6 is 11.5 Å². The highest BCUT2D eigenvalue weighted by molar-refractivity contribution is 7.91. The number of rotatable bonds is 9. The van der Waals surface area contributed by atoms with Gasteiger partial charge in [-0.3, -0.25) is 10.1 Å². The first kappa shape index (κ1) is 25.8. The quantitative estimate of drug-likeness (QED) is 0.334. The number of carbonyl (C=O) groups is 1. The van der Waals surface area contributed by atoms with Crippen LogP contribution in [0.4, 0.5) is 9.52 Å². The molecule has 0 aliphatic carbocycles. The zero-order chi connectivity index (χ0) is 25.6. The smallest absolute Gasteiger partial charge is 0.268 e. The van der Waals surface area contributed by atoms with E-state index in [1.54, 1.807) is 42.5 Å². The molecule has 0 aliphatic rings. The van der Waals surface area contributed by atoms with Gasteiger partial charge in [-0.05, 0) is 43.7 Å². The first-order chi connectivity index (χ1) is 16.6. The fourth-order valence-corrected chi connectivity index (χ4v) is 4.43. The van der Waals surface area contributed by atoms with E-state index in [1.165, 1.54) is 33.1 Å². The van der Waals surface area contributed by atoms with Gasteiger partial charge in [0.15, 0.2) is 11.5 Å². The zero-order valence-corrected chi connectivity index (χ0v) is 20.6. The number of methoxy groups -OCH3 is 1. The van der Waals surface area contributed by atoms with Crippen molar-refractivity contribution in [3.63, 3.8) is 0 Å². The summed E-state index contributed by atoms with van der Waals surface area (Å²) in [6.45, 7) is 2.98. The number of carbonyl (C=O) groups excluding carboxylic acids is 1. The minimum atomic E-state index is -3.69. The van der Waals surface area contributed by atoms with Gasteiger partial charge in [-0.25, -0.2) is 12.8 Å². The molecule has 1 heterocycles. The van der Waals surface area contributed by atoms with Crippen LogP contribution in [0.25, 0.3) is 6.08 Å². The highest BCUT2D eigenvalue weighted by atomic mass is 32.2. The summed E-state index contributed by atoms with van der Waals surface area (Å²) < 4.78 is 52.9. The topological polar surface area (TPSA) is 131 Å². The summed E-state index contributed by atoms with van der Waals surface area (Å²) in [5, 5.41) is 10.7. The molecule has 12 heteroatoms. The van der Waals surface area contributed by atoms with Crippen LogP contribution in [0.3, 0.4) is 0 Å². The standard InChI is InChI=1S/C23H21FN4O5S2/c1-14(2)35(30,31)23-27-22(34-28-23)26-21(29)17(12-25)10-15-8-9-19(20(11-15)32-3)33-13-16-6-4-5-7-18(16)24/h4-11,14H,13H2,1-3H3,(H,26,27,28,29)/b17-10-. The van der Waals surface area contributed by atoms with Crippen molar-refractivity contribution in [2.75, 3.05) is 12.4 Å². The maximum Gasteiger partial charge on any atom is 0.268 e. The highest BCUT2D eigenvalue weighted by Gasteiger charge is 2.25. The summed E-state index contributed by atoms with van der Waals surface area (Å²) >= 11 is 0.697. The fourth-order valence-electron chi connectivity index (χ4n) is 2.73. The Morgan fingerprint density at radius 1 is 1.26 bits per heavy atom. The monoisotopic (exact) mass is 516 g/mol. The number of aromatic nitrogens is 2. The lowest BCUT2D eigenvalue weighted by Crippen LogP contribution is -2.16. The summed E-state index contributed by atoms with van der Waals surface area (Å²) in [4.78, 5) is 16.4. The number of sulfone groups is 1. The Kier molecular flexibility index (Phi) is 8.16. The van der Waals surface area contributed by atoms with Crippen LogP contribution in [0, 0.1) is 17.1 Å². The van der Waals surface area contributed by atoms with Crippen LogP contribution in [-0.4, -0.2) is 36.0 Å². The molecular weight excluding hydrogens is 495 g/mol. The van der Waals surface area contributed by atoms with Crippen molar-refractivity contribution < 1.29 is 27.1 Å². The van der Waals surface area contributed by atoms with Gasteiger partial charge < -0.3 is 9.47 Å². The van der Waals surface area contributed by atoms with Crippen LogP contribution < -0.4 is 14.8 Å². The van der Waals surface area contributed by atoms with E-state index >= 15 is 0 Å². The molecule has 0 atom stereocenters. The van der Waals surface area contributed by atoms with Crippen LogP contribution in [0.15, 0.2) is 53.2 Å². The fraction of sp³-hybridized carbons (Fsp3) is 0.217. The predicted molar refractivity (Wildman–Crippen MR) is 128 cm³/mol. The number of ether oxygens (including phenoxy) is 2. The third-order valence-electron chi connectivity index (χ3n) is 4.71. The minimum absolute atomic E-state index is 0.0135. The van der Waals surface area contributed by atoms with Gasteiger partial charge in [0, 0.05) is 17.1 Å². The van der Waals surface area contributed by atoms with E-state index < -0.39 is 21.0 Å². The maximum absolute atomic E-state index is 13.8. The molecule has 0 saturated heterocycles. The van der Waals surface area contributed by atoms with Crippen molar-refractivity contribution in [1.82, 2.24) is 9.36 Å². The number of hydrogen-bond donors (Lipinski definition) is 1. The molecule has 182 valence electrons. The number of halogens is 1. The molecule has 0 aliphatic heterocycles. The average Bonchev–Trinajstić information content (AvgIpc) is 3.31. The van der Waals surface area contributed by atoms with Crippen LogP contribution in [0.5, 0.6) is 11.5 Å². The summed E-state index contributed by atoms with van der Waals surface area (Å²) in [6, 6.07) is 12.8. The van der Waals surface area contributed by atoms with Gasteiger partial charge >= 0.3 is 0 Å². The van der Waals surface area contributed by atoms with Crippen molar-refractivity contribution in [1.29, 1.82) is 5.26 Å². The normalized spacial score (nSPS) is 11.7. The molecule has 0 radical (unpaired) electrons. The summed E-state index contributed by atoms with van der Waals surface area (Å²) in [5.41, 5.74) is 0.589. The molecule has 0 bridgehead atoms. The van der Waals surface area contributed by atoms with Crippen molar-refractivity contribution >= 4 is 38.5 Å². The summed E-state index contributed by atoms with van der Waals surface area (Å²) in [7, 11) is -2.27. The number of benzene rings is 2. The molecule has 9 nitrogen and oxygen atoms in total. The second-order valence-electron chi connectivity index (χ2n) is 7.39. The van der Waals surface area contributed by atoms with Crippen LogP contribution in [0.2, 0.25) is 0 Å². The van der Waals surface area contributed by atoms with Crippen molar-refractivity contribution in [3.05, 3.63) is 65.0 Å². The van der Waals surface area contributed by atoms with E-state index in [-0.39, 0.29) is 28.3 Å². The molecular formula is C23H21FN4O5S2. The van der Waals surface area contributed by atoms with Gasteiger partial charge in [0.2, 0.25) is 15.0 Å². The van der Waals surface area contributed by atoms with Crippen molar-refractivity contribution in [2.24, 2.45) is 0 Å². The van der Waals surface area contributed by atoms with Gasteiger partial charge in [-0.2, -0.15) is 14.6 Å². The Bertz CT molecular complexity index is 1410. The van der Waals surface area contributed by atoms with Gasteiger partial charge in [0.05, 0.1) is 12.4 Å². The van der Waals surface area contributed by atoms with E-state index in [0.29, 0.717) is 34.2 Å². The second-order valence-corrected chi connectivity index (χ2v) is 10.5. The summed E-state index contributed by atoms with van der Waals surface area (Å²) in [6.07, 6.45) is 1.32. The lowest BCUT2D eigenvalue weighted by Gasteiger charge is -2.12. The lowest BCUT2D eigenvalue weighted by atomic mass is 10.1. The molecule has 1 aromatic heterocycles. The molecule has 0 fully saturated rings. The Morgan fingerprint density at radius 3 is 2.66 bits per heavy atom. The molecule has 0 unspecified atom stereocenters. The molecule has 3 rings (SSSR count). The van der Waals surface area contributed by atoms with Gasteiger partial charge in [0.25, 0.3) is 11.1 Å². The lowest BCUT2D eigenvalue weighted by molar-refractivity contribution is -0.112. The Labute approximate surface area is 205 Å². The van der Waals surface area contributed by atoms with Crippen LogP contribution in [-0.2, 0) is 21.2 Å². The number of amides is 1. The molecule has 0 spiro atoms. The van der Waals surface area contributed by atoms with E-state index in [0.717, 1.165) is 0 Å². The van der Waals surface area contributed by atoms with Gasteiger partial charge in [-0.15, -0.1) is 0 Å². The van der Waals surface area contributed by atoms with Crippen LogP contribution in [0.1, 0.15) is 25.0 Å². The minimum Gasteiger partial charge on any atom is -0.493 e. The molecule has 0 saturated carbocycles. The summed E-state index contributed by atoms with van der Waals surface area (Å²) in [5.74, 6) is -0.500. The van der Waals surface area contributed by atoms with Crippen molar-refractivity contribution in [3.8, 4) is 17.6 Å². The first-order valence-electron chi connectivity index (χ1n) is 10.2. The van der Waals surface area contributed by atoms with E-state index in [9.17, 15) is 22.9 Å². The molecule has 35 heavy (non-hydrogen) atoms. The van der Waals surface area contributed by atoms with Gasteiger partial charge in [-0.1, -0.05) is 24.3 Å². The Hall–Kier alpha value is -3.82. The maximum atomic E-state index is 13.8. The number of nitrogens with one attached hydrogen (secondary N) is 1. The number of nitrogens with zero attached hydrogens (tertiary/aromatic N) is 3. The predicted octanol–water partition coefficient (Wildman–Crippen LogP) is 3.99. The van der Waals surface area contributed by atoms with E-state index in [4.69, 9.17) is 9.47 Å². The molecule has 3 aromatic rings. The zero-order valence-electron chi connectivity index (χ0n) is 19.0. The van der Waals surface area contributed by atoms with E-state index in [1.807, 2.05) is 0 Å². The third-order valence-corrected chi connectivity index (χ3v) is 7.39. The SMILES string of the molecule is COc1cc(/C=C(/C#N)C(=O)Nc2nc(S(=O)(=O)C(C)C)ns2)ccc1OCc1ccccc1F. The molecule has 1 amide bonds. The Morgan fingerprint density at radius 2 is 2.00 bits per heavy atom. The number of nitriles is 1. The number of anilines is 1. The number of hydrogen-bond acceptors (Lipinski definition) is 9.